The van der Waals surface area contributed by atoms with Crippen LogP contribution < -0.4 is 5.73 Å². The predicted molar refractivity (Wildman–Crippen MR) is 42.3 cm³/mol. The lowest BCUT2D eigenvalue weighted by Gasteiger charge is -1.90. The van der Waals surface area contributed by atoms with Crippen LogP contribution in [-0.4, -0.2) is 22.4 Å². The van der Waals surface area contributed by atoms with Crippen molar-refractivity contribution in [2.24, 2.45) is 5.73 Å². The molecule has 0 aromatic rings. The van der Waals surface area contributed by atoms with Crippen LogP contribution in [0.25, 0.3) is 0 Å². The molecule has 0 saturated carbocycles. The lowest BCUT2D eigenvalue weighted by molar-refractivity contribution is -0.138. The molecule has 0 heterocycles. The van der Waals surface area contributed by atoms with Gasteiger partial charge in [-0.25, -0.2) is 0 Å². The van der Waals surface area contributed by atoms with Crippen molar-refractivity contribution in [3.8, 4) is 0 Å². The minimum Gasteiger partial charge on any atom is -0.480 e. The Morgan fingerprint density at radius 3 is 1.91 bits per heavy atom. The molecule has 0 aliphatic heterocycles. The molecule has 0 aromatic carbocycles. The molecule has 0 aliphatic rings. The largest absolute Gasteiger partial charge is 0.480 e. The number of carboxylic acid groups (broad SMARTS) is 1. The highest BCUT2D eigenvalue weighted by Crippen LogP contribution is 1.74. The second kappa shape index (κ2) is 7.24. The maximum absolute atomic E-state index is 9.57. The van der Waals surface area contributed by atoms with Crippen LogP contribution in [0.15, 0.2) is 12.7 Å². The number of carboxylic acids is 1. The van der Waals surface area contributed by atoms with E-state index in [1.807, 2.05) is 0 Å². The maximum Gasteiger partial charge on any atom is 0.320 e. The highest BCUT2D eigenvalue weighted by Gasteiger charge is 1.99. The van der Waals surface area contributed by atoms with Crippen LogP contribution in [-0.2, 0) is 9.59 Å². The molecular weight excluding hydrogens is 170 g/mol. The van der Waals surface area contributed by atoms with Crippen molar-refractivity contribution in [1.29, 1.82) is 0 Å². The van der Waals surface area contributed by atoms with Crippen LogP contribution in [0.1, 0.15) is 6.92 Å². The van der Waals surface area contributed by atoms with Gasteiger partial charge in [-0.1, -0.05) is 6.58 Å². The van der Waals surface area contributed by atoms with Gasteiger partial charge in [-0.15, -0.1) is 0 Å². The maximum atomic E-state index is 9.57. The van der Waals surface area contributed by atoms with Gasteiger partial charge in [0.25, 0.3) is 0 Å². The summed E-state index contributed by atoms with van der Waals surface area (Å²) in [4.78, 5) is 19.0. The van der Waals surface area contributed by atoms with Crippen molar-refractivity contribution >= 4 is 22.8 Å². The average molecular weight is 180 g/mol. The summed E-state index contributed by atoms with van der Waals surface area (Å²) in [5.41, 5.74) is 4.84. The summed E-state index contributed by atoms with van der Waals surface area (Å²) in [6.07, 6.45) is 1.04. The van der Waals surface area contributed by atoms with Crippen LogP contribution in [0.2, 0.25) is 0 Å². The first-order valence-electron chi connectivity index (χ1n) is 2.72. The van der Waals surface area contributed by atoms with Gasteiger partial charge in [0.05, 0.1) is 0 Å². The molecule has 11 heavy (non-hydrogen) atoms. The molecule has 0 rings (SSSR count). The minimum absolute atomic E-state index is 0.509. The van der Waals surface area contributed by atoms with E-state index in [0.717, 1.165) is 6.08 Å². The van der Waals surface area contributed by atoms with E-state index in [0.29, 0.717) is 0 Å². The third-order valence-corrected chi connectivity index (χ3v) is 0.704. The molecular formula is C6H10ClNO3. The van der Waals surface area contributed by atoms with E-state index >= 15 is 0 Å². The fraction of sp³-hybridized carbons (Fsp3) is 0.333. The Labute approximate surface area is 69.6 Å². The molecule has 0 spiro atoms. The van der Waals surface area contributed by atoms with E-state index < -0.39 is 17.3 Å². The summed E-state index contributed by atoms with van der Waals surface area (Å²) in [7, 11) is 0. The van der Waals surface area contributed by atoms with Crippen molar-refractivity contribution in [2.75, 3.05) is 0 Å². The summed E-state index contributed by atoms with van der Waals surface area (Å²) in [6, 6.07) is -0.731. The van der Waals surface area contributed by atoms with E-state index in [1.54, 1.807) is 0 Å². The zero-order valence-electron chi connectivity index (χ0n) is 6.08. The number of rotatable bonds is 2. The zero-order chi connectivity index (χ0) is 9.44. The Hall–Kier alpha value is -0.870. The second-order valence-electron chi connectivity index (χ2n) is 1.64. The molecule has 0 aliphatic carbocycles. The van der Waals surface area contributed by atoms with Crippen molar-refractivity contribution in [3.05, 3.63) is 12.7 Å². The number of hydrogen-bond acceptors (Lipinski definition) is 3. The summed E-state index contributed by atoms with van der Waals surface area (Å²) < 4.78 is 0. The van der Waals surface area contributed by atoms with E-state index in [-0.39, 0.29) is 0 Å². The first-order valence-corrected chi connectivity index (χ1v) is 3.10. The molecule has 4 nitrogen and oxygen atoms in total. The number of allylic oxidation sites excluding steroid dienone is 1. The molecule has 1 atom stereocenters. The van der Waals surface area contributed by atoms with Crippen LogP contribution in [0.4, 0.5) is 0 Å². The number of carbonyl (C=O) groups excluding carboxylic acids is 1. The molecule has 1 unspecified atom stereocenters. The third-order valence-electron chi connectivity index (χ3n) is 0.550. The Morgan fingerprint density at radius 1 is 1.73 bits per heavy atom. The molecule has 3 N–H and O–H groups in total. The van der Waals surface area contributed by atoms with E-state index in [9.17, 15) is 9.59 Å². The summed E-state index contributed by atoms with van der Waals surface area (Å²) >= 11 is 4.71. The van der Waals surface area contributed by atoms with Crippen LogP contribution >= 0.6 is 11.6 Å². The first kappa shape index (κ1) is 12.8. The average Bonchev–Trinajstić information content (AvgIpc) is 1.89. The molecule has 0 aromatic heterocycles. The van der Waals surface area contributed by atoms with E-state index in [1.165, 1.54) is 6.92 Å². The van der Waals surface area contributed by atoms with E-state index in [4.69, 9.17) is 22.4 Å². The molecule has 0 fully saturated rings. The highest BCUT2D eigenvalue weighted by atomic mass is 35.5. The first-order chi connectivity index (χ1) is 4.91. The second-order valence-corrected chi connectivity index (χ2v) is 2.01. The Bertz CT molecular complexity index is 156. The van der Waals surface area contributed by atoms with Gasteiger partial charge in [-0.2, -0.15) is 0 Å². The van der Waals surface area contributed by atoms with Gasteiger partial charge < -0.3 is 10.8 Å². The van der Waals surface area contributed by atoms with Crippen molar-refractivity contribution in [2.45, 2.75) is 13.0 Å². The standard InChI is InChI=1S/C3H3ClO.C3H7NO2/c1-2-3(4)5;1-2(4)3(5)6/h2H,1H2;2H,4H2,1H3,(H,5,6). The van der Waals surface area contributed by atoms with Crippen molar-refractivity contribution in [1.82, 2.24) is 0 Å². The number of halogens is 1. The van der Waals surface area contributed by atoms with Crippen LogP contribution in [0, 0.1) is 0 Å². The predicted octanol–water partition coefficient (Wildman–Crippen LogP) is 0.356. The lowest BCUT2D eigenvalue weighted by atomic mass is 10.4. The smallest absolute Gasteiger partial charge is 0.320 e. The topological polar surface area (TPSA) is 80.4 Å². The van der Waals surface area contributed by atoms with Gasteiger partial charge in [0, 0.05) is 0 Å². The zero-order valence-corrected chi connectivity index (χ0v) is 6.84. The van der Waals surface area contributed by atoms with Crippen LogP contribution in [0.5, 0.6) is 0 Å². The van der Waals surface area contributed by atoms with Gasteiger partial charge in [0.1, 0.15) is 6.04 Å². The number of carbonyl (C=O) groups is 2. The van der Waals surface area contributed by atoms with E-state index in [2.05, 4.69) is 6.58 Å². The third kappa shape index (κ3) is 17.6. The van der Waals surface area contributed by atoms with Gasteiger partial charge in [-0.05, 0) is 24.6 Å². The van der Waals surface area contributed by atoms with Crippen LogP contribution in [0.3, 0.4) is 0 Å². The van der Waals surface area contributed by atoms with Gasteiger partial charge in [0.2, 0.25) is 5.24 Å². The fourth-order valence-corrected chi connectivity index (χ4v) is 0. The molecule has 0 bridgehead atoms. The highest BCUT2D eigenvalue weighted by molar-refractivity contribution is 6.66. The summed E-state index contributed by atoms with van der Waals surface area (Å²) in [5, 5.41) is 7.36. The summed E-state index contributed by atoms with van der Waals surface area (Å²) in [6.45, 7) is 4.50. The Morgan fingerprint density at radius 2 is 1.91 bits per heavy atom. The number of nitrogens with two attached hydrogens (primary N) is 1. The SMILES string of the molecule is C=CC(=O)Cl.CC(N)C(=O)O. The Kier molecular flexibility index (Phi) is 8.41. The molecule has 0 amide bonds. The minimum atomic E-state index is -0.963. The normalized spacial score (nSPS) is 10.5. The van der Waals surface area contributed by atoms with Gasteiger partial charge in [-0.3, -0.25) is 9.59 Å². The lowest BCUT2D eigenvalue weighted by Crippen LogP contribution is -2.25. The number of hydrogen-bond donors (Lipinski definition) is 2. The monoisotopic (exact) mass is 179 g/mol. The van der Waals surface area contributed by atoms with Crippen molar-refractivity contribution < 1.29 is 14.7 Å². The quantitative estimate of drug-likeness (QED) is 0.474. The van der Waals surface area contributed by atoms with Gasteiger partial charge >= 0.3 is 5.97 Å². The van der Waals surface area contributed by atoms with Crippen molar-refractivity contribution in [3.63, 3.8) is 0 Å². The number of aliphatic carboxylic acids is 1. The molecule has 64 valence electrons. The Balaban J connectivity index is 0. The fourth-order valence-electron chi connectivity index (χ4n) is 0. The van der Waals surface area contributed by atoms with Gasteiger partial charge in [0.15, 0.2) is 0 Å². The summed E-state index contributed by atoms with van der Waals surface area (Å²) in [5.74, 6) is -0.963. The molecule has 0 saturated heterocycles. The molecule has 0 radical (unpaired) electrons. The molecule has 5 heteroatoms.